The lowest BCUT2D eigenvalue weighted by molar-refractivity contribution is 0.706. The van der Waals surface area contributed by atoms with Crippen LogP contribution in [-0.4, -0.2) is 13.1 Å². The molecule has 0 aromatic carbocycles. The first kappa shape index (κ1) is 7.55. The smallest absolute Gasteiger partial charge is 0.0173 e. The van der Waals surface area contributed by atoms with Crippen molar-refractivity contribution in [1.29, 1.82) is 0 Å². The zero-order chi connectivity index (χ0) is 7.56. The fourth-order valence-electron chi connectivity index (χ4n) is 1.17. The Hall–Kier alpha value is -0.560. The Morgan fingerprint density at radius 1 is 1.40 bits per heavy atom. The molecule has 1 saturated heterocycles. The van der Waals surface area contributed by atoms with Crippen LogP contribution in [0.1, 0.15) is 20.3 Å². The standard InChI is InChI=1S/C9H15N/c1-7(2)9-4-8(3)5-10-6-9/h10H,3-6H2,1-2H3. The quantitative estimate of drug-likeness (QED) is 0.503. The van der Waals surface area contributed by atoms with E-state index in [0.717, 1.165) is 19.5 Å². The molecule has 1 rings (SSSR count). The van der Waals surface area contributed by atoms with Gasteiger partial charge in [0, 0.05) is 13.1 Å². The van der Waals surface area contributed by atoms with Crippen LogP contribution in [0.4, 0.5) is 0 Å². The first-order valence-corrected chi connectivity index (χ1v) is 3.72. The Kier molecular flexibility index (Phi) is 2.28. The van der Waals surface area contributed by atoms with Crippen LogP contribution in [0, 0.1) is 0 Å². The van der Waals surface area contributed by atoms with Crippen molar-refractivity contribution in [2.45, 2.75) is 20.3 Å². The molecule has 1 N–H and O–H groups in total. The van der Waals surface area contributed by atoms with Gasteiger partial charge in [-0.05, 0) is 20.3 Å². The molecule has 0 saturated carbocycles. The Labute approximate surface area is 62.8 Å². The molecule has 0 amide bonds. The molecule has 0 aromatic rings. The van der Waals surface area contributed by atoms with Gasteiger partial charge in [0.15, 0.2) is 0 Å². The monoisotopic (exact) mass is 137 g/mol. The van der Waals surface area contributed by atoms with Gasteiger partial charge in [-0.2, -0.15) is 0 Å². The molecule has 10 heavy (non-hydrogen) atoms. The molecule has 1 aliphatic rings. The SMILES string of the molecule is C=C1CNCC(=C(C)C)C1. The second kappa shape index (κ2) is 3.02. The third kappa shape index (κ3) is 1.71. The first-order valence-electron chi connectivity index (χ1n) is 3.72. The van der Waals surface area contributed by atoms with Crippen molar-refractivity contribution in [1.82, 2.24) is 5.32 Å². The summed E-state index contributed by atoms with van der Waals surface area (Å²) in [4.78, 5) is 0. The van der Waals surface area contributed by atoms with E-state index in [9.17, 15) is 0 Å². The molecule has 1 nitrogen and oxygen atoms in total. The van der Waals surface area contributed by atoms with Gasteiger partial charge in [-0.25, -0.2) is 0 Å². The number of allylic oxidation sites excluding steroid dienone is 1. The van der Waals surface area contributed by atoms with E-state index in [1.807, 2.05) is 0 Å². The topological polar surface area (TPSA) is 12.0 Å². The summed E-state index contributed by atoms with van der Waals surface area (Å²) in [7, 11) is 0. The van der Waals surface area contributed by atoms with E-state index >= 15 is 0 Å². The zero-order valence-corrected chi connectivity index (χ0v) is 6.83. The summed E-state index contributed by atoms with van der Waals surface area (Å²) in [5, 5.41) is 3.31. The summed E-state index contributed by atoms with van der Waals surface area (Å²) in [6, 6.07) is 0. The van der Waals surface area contributed by atoms with E-state index in [1.165, 1.54) is 16.7 Å². The van der Waals surface area contributed by atoms with Crippen LogP contribution >= 0.6 is 0 Å². The van der Waals surface area contributed by atoms with Crippen molar-refractivity contribution >= 4 is 0 Å². The lowest BCUT2D eigenvalue weighted by Gasteiger charge is -2.19. The van der Waals surface area contributed by atoms with E-state index in [4.69, 9.17) is 0 Å². The van der Waals surface area contributed by atoms with Crippen molar-refractivity contribution in [3.63, 3.8) is 0 Å². The van der Waals surface area contributed by atoms with Crippen LogP contribution in [0.2, 0.25) is 0 Å². The van der Waals surface area contributed by atoms with E-state index in [2.05, 4.69) is 25.7 Å². The summed E-state index contributed by atoms with van der Waals surface area (Å²) in [5.74, 6) is 0. The van der Waals surface area contributed by atoms with Crippen LogP contribution in [0.25, 0.3) is 0 Å². The van der Waals surface area contributed by atoms with Gasteiger partial charge in [-0.1, -0.05) is 23.3 Å². The number of rotatable bonds is 0. The lowest BCUT2D eigenvalue weighted by Crippen LogP contribution is -2.26. The molecule has 56 valence electrons. The van der Waals surface area contributed by atoms with Gasteiger partial charge >= 0.3 is 0 Å². The normalized spacial score (nSPS) is 19.4. The second-order valence-electron chi connectivity index (χ2n) is 3.13. The van der Waals surface area contributed by atoms with Crippen LogP contribution in [0.3, 0.4) is 0 Å². The molecule has 0 spiro atoms. The van der Waals surface area contributed by atoms with Gasteiger partial charge in [-0.3, -0.25) is 0 Å². The predicted octanol–water partition coefficient (Wildman–Crippen LogP) is 1.87. The number of nitrogens with one attached hydrogen (secondary N) is 1. The molecule has 1 heteroatoms. The van der Waals surface area contributed by atoms with Crippen LogP contribution in [-0.2, 0) is 0 Å². The fraction of sp³-hybridized carbons (Fsp3) is 0.556. The fourth-order valence-corrected chi connectivity index (χ4v) is 1.17. The second-order valence-corrected chi connectivity index (χ2v) is 3.13. The Balaban J connectivity index is 2.64. The maximum absolute atomic E-state index is 3.95. The average molecular weight is 137 g/mol. The van der Waals surface area contributed by atoms with Crippen LogP contribution in [0.5, 0.6) is 0 Å². The summed E-state index contributed by atoms with van der Waals surface area (Å²) < 4.78 is 0. The van der Waals surface area contributed by atoms with Gasteiger partial charge in [0.05, 0.1) is 0 Å². The molecule has 1 aliphatic heterocycles. The molecule has 0 atom stereocenters. The molecule has 0 radical (unpaired) electrons. The number of hydrogen-bond donors (Lipinski definition) is 1. The van der Waals surface area contributed by atoms with Gasteiger partial charge < -0.3 is 5.32 Å². The van der Waals surface area contributed by atoms with E-state index < -0.39 is 0 Å². The van der Waals surface area contributed by atoms with Gasteiger partial charge in [0.2, 0.25) is 0 Å². The summed E-state index contributed by atoms with van der Waals surface area (Å²) in [6.07, 6.45) is 1.11. The highest BCUT2D eigenvalue weighted by atomic mass is 14.9. The summed E-state index contributed by atoms with van der Waals surface area (Å²) >= 11 is 0. The highest BCUT2D eigenvalue weighted by Crippen LogP contribution is 2.15. The average Bonchev–Trinajstić information content (AvgIpc) is 1.88. The van der Waals surface area contributed by atoms with E-state index in [-0.39, 0.29) is 0 Å². The van der Waals surface area contributed by atoms with Crippen molar-refractivity contribution < 1.29 is 0 Å². The van der Waals surface area contributed by atoms with Crippen LogP contribution in [0.15, 0.2) is 23.3 Å². The maximum atomic E-state index is 3.95. The summed E-state index contributed by atoms with van der Waals surface area (Å²) in [5.41, 5.74) is 4.26. The maximum Gasteiger partial charge on any atom is 0.0173 e. The largest absolute Gasteiger partial charge is 0.309 e. The minimum Gasteiger partial charge on any atom is -0.309 e. The molecule has 0 aliphatic carbocycles. The van der Waals surface area contributed by atoms with Crippen molar-refractivity contribution in [2.24, 2.45) is 0 Å². The Bertz CT molecular complexity index is 173. The third-order valence-corrected chi connectivity index (χ3v) is 1.88. The number of hydrogen-bond acceptors (Lipinski definition) is 1. The molecule has 0 bridgehead atoms. The zero-order valence-electron chi connectivity index (χ0n) is 6.83. The van der Waals surface area contributed by atoms with E-state index in [0.29, 0.717) is 0 Å². The highest BCUT2D eigenvalue weighted by molar-refractivity contribution is 5.22. The van der Waals surface area contributed by atoms with Crippen molar-refractivity contribution in [3.05, 3.63) is 23.3 Å². The van der Waals surface area contributed by atoms with Gasteiger partial charge in [0.25, 0.3) is 0 Å². The third-order valence-electron chi connectivity index (χ3n) is 1.88. The van der Waals surface area contributed by atoms with Crippen molar-refractivity contribution in [2.75, 3.05) is 13.1 Å². The number of piperidine rings is 1. The molecule has 1 heterocycles. The Morgan fingerprint density at radius 3 is 2.50 bits per heavy atom. The first-order chi connectivity index (χ1) is 4.70. The van der Waals surface area contributed by atoms with Crippen molar-refractivity contribution in [3.8, 4) is 0 Å². The predicted molar refractivity (Wildman–Crippen MR) is 45.0 cm³/mol. The molecule has 0 unspecified atom stereocenters. The Morgan fingerprint density at radius 2 is 2.10 bits per heavy atom. The van der Waals surface area contributed by atoms with Gasteiger partial charge in [0.1, 0.15) is 0 Å². The molecule has 1 fully saturated rings. The molecule has 0 aromatic heterocycles. The van der Waals surface area contributed by atoms with E-state index in [1.54, 1.807) is 0 Å². The highest BCUT2D eigenvalue weighted by Gasteiger charge is 2.07. The molecular weight excluding hydrogens is 122 g/mol. The minimum atomic E-state index is 0.997. The minimum absolute atomic E-state index is 0.997. The lowest BCUT2D eigenvalue weighted by atomic mass is 9.99. The summed E-state index contributed by atoms with van der Waals surface area (Å²) in [6.45, 7) is 10.3. The molecular formula is C9H15N. The van der Waals surface area contributed by atoms with Gasteiger partial charge in [-0.15, -0.1) is 0 Å². The van der Waals surface area contributed by atoms with Crippen LogP contribution < -0.4 is 5.32 Å².